The summed E-state index contributed by atoms with van der Waals surface area (Å²) in [5.74, 6) is 0. The van der Waals surface area contributed by atoms with Crippen molar-refractivity contribution in [3.05, 3.63) is 35.9 Å². The van der Waals surface area contributed by atoms with E-state index in [1.807, 2.05) is 0 Å². The van der Waals surface area contributed by atoms with Gasteiger partial charge in [0, 0.05) is 11.1 Å². The van der Waals surface area contributed by atoms with E-state index in [1.54, 1.807) is 13.0 Å². The van der Waals surface area contributed by atoms with Crippen molar-refractivity contribution in [2.75, 3.05) is 5.73 Å². The van der Waals surface area contributed by atoms with Crippen LogP contribution in [0.5, 0.6) is 0 Å². The maximum absolute atomic E-state index is 12.0. The second-order valence-electron chi connectivity index (χ2n) is 3.73. The summed E-state index contributed by atoms with van der Waals surface area (Å²) in [7, 11) is -3.61. The first-order chi connectivity index (χ1) is 7.86. The molecule has 0 amide bonds. The van der Waals surface area contributed by atoms with Crippen LogP contribution < -0.4 is 10.5 Å². The Hall–Kier alpha value is -1.04. The van der Waals surface area contributed by atoms with Crippen LogP contribution in [0.15, 0.2) is 35.7 Å². The van der Waals surface area contributed by atoms with Crippen LogP contribution in [0.25, 0.3) is 0 Å². The molecule has 0 aliphatic heterocycles. The normalized spacial score (nSPS) is 13.3. The number of nitrogens with one attached hydrogen (secondary N) is 1. The van der Waals surface area contributed by atoms with Gasteiger partial charge in [0.15, 0.2) is 0 Å². The third-order valence-corrected chi connectivity index (χ3v) is 4.04. The van der Waals surface area contributed by atoms with Crippen LogP contribution >= 0.6 is 11.6 Å². The summed E-state index contributed by atoms with van der Waals surface area (Å²) in [6, 6.07) is 4.06. The van der Waals surface area contributed by atoms with Crippen molar-refractivity contribution in [2.45, 2.75) is 24.3 Å². The van der Waals surface area contributed by atoms with Crippen LogP contribution in [0.2, 0.25) is 5.02 Å². The highest BCUT2D eigenvalue weighted by Crippen LogP contribution is 2.22. The summed E-state index contributed by atoms with van der Waals surface area (Å²) in [5.41, 5.74) is 5.77. The largest absolute Gasteiger partial charge is 0.398 e. The van der Waals surface area contributed by atoms with Crippen LogP contribution in [-0.4, -0.2) is 14.5 Å². The maximum atomic E-state index is 12.0. The topological polar surface area (TPSA) is 72.2 Å². The molecule has 94 valence electrons. The molecule has 4 nitrogen and oxygen atoms in total. The molecule has 0 spiro atoms. The molecule has 0 radical (unpaired) electrons. The zero-order chi connectivity index (χ0) is 13.1. The highest BCUT2D eigenvalue weighted by molar-refractivity contribution is 7.89. The molecule has 3 N–H and O–H groups in total. The average Bonchev–Trinajstić information content (AvgIpc) is 2.15. The van der Waals surface area contributed by atoms with Gasteiger partial charge in [-0.15, -0.1) is 6.58 Å². The summed E-state index contributed by atoms with van der Waals surface area (Å²) >= 11 is 5.71. The second kappa shape index (κ2) is 5.53. The lowest BCUT2D eigenvalue weighted by atomic mass is 10.3. The fourth-order valence-corrected chi connectivity index (χ4v) is 2.94. The van der Waals surface area contributed by atoms with Crippen molar-refractivity contribution in [3.8, 4) is 0 Å². The summed E-state index contributed by atoms with van der Waals surface area (Å²) in [6.45, 7) is 5.31. The molecule has 0 bridgehead atoms. The van der Waals surface area contributed by atoms with E-state index >= 15 is 0 Å². The lowest BCUT2D eigenvalue weighted by molar-refractivity contribution is 0.562. The Kier molecular flexibility index (Phi) is 4.56. The first-order valence-corrected chi connectivity index (χ1v) is 6.91. The van der Waals surface area contributed by atoms with E-state index in [-0.39, 0.29) is 16.6 Å². The Labute approximate surface area is 107 Å². The van der Waals surface area contributed by atoms with Gasteiger partial charge in [-0.3, -0.25) is 0 Å². The van der Waals surface area contributed by atoms with Crippen molar-refractivity contribution in [3.63, 3.8) is 0 Å². The standard InChI is InChI=1S/C11H15ClN2O2S/c1-3-4-8(2)14-17(15,16)11-6-5-9(12)7-10(11)13/h3,5-8,14H,1,4,13H2,2H3. The minimum Gasteiger partial charge on any atom is -0.398 e. The third kappa shape index (κ3) is 3.73. The number of nitrogens with two attached hydrogens (primary N) is 1. The van der Waals surface area contributed by atoms with Gasteiger partial charge < -0.3 is 5.73 Å². The van der Waals surface area contributed by atoms with Gasteiger partial charge in [0.2, 0.25) is 10.0 Å². The average molecular weight is 275 g/mol. The van der Waals surface area contributed by atoms with Crippen molar-refractivity contribution in [2.24, 2.45) is 0 Å². The summed E-state index contributed by atoms with van der Waals surface area (Å²) in [4.78, 5) is 0.0396. The first kappa shape index (κ1) is 14.0. The Morgan fingerprint density at radius 1 is 1.59 bits per heavy atom. The number of rotatable bonds is 5. The molecule has 0 saturated carbocycles. The van der Waals surface area contributed by atoms with Gasteiger partial charge in [-0.05, 0) is 31.5 Å². The molecule has 0 aliphatic carbocycles. The van der Waals surface area contributed by atoms with E-state index in [2.05, 4.69) is 11.3 Å². The van der Waals surface area contributed by atoms with Gasteiger partial charge in [-0.2, -0.15) is 0 Å². The molecular weight excluding hydrogens is 260 g/mol. The minimum absolute atomic E-state index is 0.0396. The number of anilines is 1. The molecule has 0 aliphatic rings. The first-order valence-electron chi connectivity index (χ1n) is 5.05. The molecule has 1 rings (SSSR count). The predicted octanol–water partition coefficient (Wildman–Crippen LogP) is 2.17. The highest BCUT2D eigenvalue weighted by Gasteiger charge is 2.19. The number of hydrogen-bond acceptors (Lipinski definition) is 3. The number of benzene rings is 1. The molecule has 1 atom stereocenters. The van der Waals surface area contributed by atoms with Gasteiger partial charge >= 0.3 is 0 Å². The zero-order valence-corrected chi connectivity index (χ0v) is 11.1. The molecule has 1 aromatic carbocycles. The van der Waals surface area contributed by atoms with E-state index < -0.39 is 10.0 Å². The Balaban J connectivity index is 3.01. The number of nitrogen functional groups attached to an aromatic ring is 1. The van der Waals surface area contributed by atoms with Crippen LogP contribution in [0.1, 0.15) is 13.3 Å². The lowest BCUT2D eigenvalue weighted by Crippen LogP contribution is -2.32. The van der Waals surface area contributed by atoms with Crippen molar-refractivity contribution in [1.29, 1.82) is 0 Å². The van der Waals surface area contributed by atoms with Gasteiger partial charge in [-0.1, -0.05) is 17.7 Å². The quantitative estimate of drug-likeness (QED) is 0.638. The van der Waals surface area contributed by atoms with Gasteiger partial charge in [-0.25, -0.2) is 13.1 Å². The number of sulfonamides is 1. The van der Waals surface area contributed by atoms with Crippen LogP contribution in [-0.2, 0) is 10.0 Å². The highest BCUT2D eigenvalue weighted by atomic mass is 35.5. The van der Waals surface area contributed by atoms with E-state index in [0.717, 1.165) is 0 Å². The zero-order valence-electron chi connectivity index (χ0n) is 9.48. The number of hydrogen-bond donors (Lipinski definition) is 2. The molecule has 17 heavy (non-hydrogen) atoms. The molecule has 1 unspecified atom stereocenters. The Morgan fingerprint density at radius 3 is 2.76 bits per heavy atom. The molecule has 1 aromatic rings. The SMILES string of the molecule is C=CCC(C)NS(=O)(=O)c1ccc(Cl)cc1N. The monoisotopic (exact) mass is 274 g/mol. The Morgan fingerprint density at radius 2 is 2.24 bits per heavy atom. The lowest BCUT2D eigenvalue weighted by Gasteiger charge is -2.13. The number of halogens is 1. The third-order valence-electron chi connectivity index (χ3n) is 2.14. The van der Waals surface area contributed by atoms with Crippen LogP contribution in [0.3, 0.4) is 0 Å². The van der Waals surface area contributed by atoms with E-state index in [9.17, 15) is 8.42 Å². The molecule has 0 heterocycles. The molecule has 0 fully saturated rings. The van der Waals surface area contributed by atoms with E-state index in [0.29, 0.717) is 11.4 Å². The van der Waals surface area contributed by atoms with Gasteiger partial charge in [0.25, 0.3) is 0 Å². The van der Waals surface area contributed by atoms with Crippen LogP contribution in [0, 0.1) is 0 Å². The summed E-state index contributed by atoms with van der Waals surface area (Å²) in [6.07, 6.45) is 2.20. The summed E-state index contributed by atoms with van der Waals surface area (Å²) < 4.78 is 26.5. The van der Waals surface area contributed by atoms with Crippen molar-refractivity contribution >= 4 is 27.3 Å². The summed E-state index contributed by atoms with van der Waals surface area (Å²) in [5, 5.41) is 0.403. The molecule has 0 saturated heterocycles. The predicted molar refractivity (Wildman–Crippen MR) is 70.5 cm³/mol. The van der Waals surface area contributed by atoms with Gasteiger partial charge in [0.1, 0.15) is 4.90 Å². The molecular formula is C11H15ClN2O2S. The smallest absolute Gasteiger partial charge is 0.242 e. The fraction of sp³-hybridized carbons (Fsp3) is 0.273. The molecule has 6 heteroatoms. The van der Waals surface area contributed by atoms with Crippen molar-refractivity contribution in [1.82, 2.24) is 4.72 Å². The van der Waals surface area contributed by atoms with E-state index in [4.69, 9.17) is 17.3 Å². The molecule has 0 aromatic heterocycles. The van der Waals surface area contributed by atoms with E-state index in [1.165, 1.54) is 18.2 Å². The van der Waals surface area contributed by atoms with Crippen LogP contribution in [0.4, 0.5) is 5.69 Å². The van der Waals surface area contributed by atoms with Crippen molar-refractivity contribution < 1.29 is 8.42 Å². The second-order valence-corrected chi connectivity index (χ2v) is 5.85. The van der Waals surface area contributed by atoms with Gasteiger partial charge in [0.05, 0.1) is 5.69 Å². The fourth-order valence-electron chi connectivity index (χ4n) is 1.39. The maximum Gasteiger partial charge on any atom is 0.242 e. The Bertz CT molecular complexity index is 514. The minimum atomic E-state index is -3.61.